The van der Waals surface area contributed by atoms with E-state index in [1.54, 1.807) is 48.1 Å². The Balaban J connectivity index is 1.43. The monoisotopic (exact) mass is 544 g/mol. The van der Waals surface area contributed by atoms with Gasteiger partial charge in [0.15, 0.2) is 0 Å². The van der Waals surface area contributed by atoms with Crippen LogP contribution in [0.5, 0.6) is 0 Å². The van der Waals surface area contributed by atoms with E-state index < -0.39 is 5.97 Å². The molecule has 1 aliphatic carbocycles. The first-order valence-electron chi connectivity index (χ1n) is 13.0. The van der Waals surface area contributed by atoms with Crippen molar-refractivity contribution in [2.45, 2.75) is 53.5 Å². The number of benzene rings is 1. The van der Waals surface area contributed by atoms with Crippen LogP contribution in [0.3, 0.4) is 0 Å². The summed E-state index contributed by atoms with van der Waals surface area (Å²) in [5.74, 6) is 1.30. The Bertz CT molecular complexity index is 1540. The van der Waals surface area contributed by atoms with Crippen molar-refractivity contribution < 1.29 is 23.5 Å². The maximum absolute atomic E-state index is 13.4. The van der Waals surface area contributed by atoms with Gasteiger partial charge in [-0.25, -0.2) is 9.79 Å². The van der Waals surface area contributed by atoms with Crippen LogP contribution in [0.15, 0.2) is 62.6 Å². The fourth-order valence-corrected chi connectivity index (χ4v) is 6.34. The minimum atomic E-state index is -0.964. The maximum atomic E-state index is 13.4. The second-order valence-corrected chi connectivity index (χ2v) is 12.1. The summed E-state index contributed by atoms with van der Waals surface area (Å²) in [4.78, 5) is 30.6. The molecule has 1 aromatic carbocycles. The van der Waals surface area contributed by atoms with E-state index in [1.807, 2.05) is 25.1 Å². The zero-order valence-corrected chi connectivity index (χ0v) is 23.4. The van der Waals surface area contributed by atoms with E-state index in [9.17, 15) is 14.7 Å². The van der Waals surface area contributed by atoms with Crippen molar-refractivity contribution in [1.29, 1.82) is 0 Å². The maximum Gasteiger partial charge on any atom is 0.335 e. The minimum Gasteiger partial charge on any atom is -0.478 e. The zero-order chi connectivity index (χ0) is 27.7. The van der Waals surface area contributed by atoms with Gasteiger partial charge in [-0.3, -0.25) is 4.79 Å². The molecule has 0 saturated carbocycles. The van der Waals surface area contributed by atoms with Crippen LogP contribution in [0, 0.1) is 18.3 Å². The summed E-state index contributed by atoms with van der Waals surface area (Å²) in [7, 11) is 0. The molecule has 1 atom stereocenters. The number of fused-ring (bicyclic) bond motifs is 1. The summed E-state index contributed by atoms with van der Waals surface area (Å²) in [6.07, 6.45) is 6.07. The highest BCUT2D eigenvalue weighted by Gasteiger charge is 2.33. The topological polar surface area (TPSA) is 105 Å². The van der Waals surface area contributed by atoms with Crippen LogP contribution in [-0.4, -0.2) is 23.2 Å². The van der Waals surface area contributed by atoms with Crippen LogP contribution in [0.4, 0.5) is 5.00 Å². The number of thiophene rings is 1. The highest BCUT2D eigenvalue weighted by Crippen LogP contribution is 2.45. The van der Waals surface area contributed by atoms with E-state index in [2.05, 4.69) is 26.1 Å². The number of rotatable bonds is 7. The van der Waals surface area contributed by atoms with Crippen LogP contribution < -0.4 is 5.32 Å². The molecule has 1 aliphatic rings. The molecule has 8 heteroatoms. The Morgan fingerprint density at radius 1 is 1.21 bits per heavy atom. The van der Waals surface area contributed by atoms with Gasteiger partial charge in [-0.2, -0.15) is 0 Å². The van der Waals surface area contributed by atoms with Crippen molar-refractivity contribution in [1.82, 2.24) is 5.32 Å². The molecule has 0 spiro atoms. The van der Waals surface area contributed by atoms with Gasteiger partial charge in [-0.15, -0.1) is 11.3 Å². The van der Waals surface area contributed by atoms with Crippen LogP contribution in [0.1, 0.15) is 75.4 Å². The lowest BCUT2D eigenvalue weighted by molar-refractivity contribution is 0.0696. The average Bonchev–Trinajstić information content (AvgIpc) is 3.65. The van der Waals surface area contributed by atoms with Crippen molar-refractivity contribution in [3.8, 4) is 11.3 Å². The average molecular weight is 545 g/mol. The normalized spacial score (nSPS) is 15.4. The number of carbonyl (C=O) groups is 2. The van der Waals surface area contributed by atoms with Gasteiger partial charge in [-0.05, 0) is 85.0 Å². The van der Waals surface area contributed by atoms with Gasteiger partial charge in [0.2, 0.25) is 0 Å². The van der Waals surface area contributed by atoms with Gasteiger partial charge in [-0.1, -0.05) is 26.8 Å². The highest BCUT2D eigenvalue weighted by molar-refractivity contribution is 7.16. The van der Waals surface area contributed by atoms with Gasteiger partial charge >= 0.3 is 5.97 Å². The molecule has 0 saturated heterocycles. The Labute approximate surface area is 231 Å². The van der Waals surface area contributed by atoms with Gasteiger partial charge in [0.1, 0.15) is 22.3 Å². The number of carbonyl (C=O) groups excluding carboxylic acids is 1. The molecular weight excluding hydrogens is 512 g/mol. The number of nitrogens with zero attached hydrogens (tertiary/aromatic N) is 1. The summed E-state index contributed by atoms with van der Waals surface area (Å²) in [6, 6.07) is 12.2. The minimum absolute atomic E-state index is 0.153. The quantitative estimate of drug-likeness (QED) is 0.235. The van der Waals surface area contributed by atoms with E-state index in [1.165, 1.54) is 4.88 Å². The summed E-state index contributed by atoms with van der Waals surface area (Å²) in [5.41, 5.74) is 3.78. The lowest BCUT2D eigenvalue weighted by Gasteiger charge is -2.33. The molecule has 39 heavy (non-hydrogen) atoms. The van der Waals surface area contributed by atoms with E-state index in [0.717, 1.165) is 36.0 Å². The molecule has 1 amide bonds. The third kappa shape index (κ3) is 5.76. The molecule has 0 radical (unpaired) electrons. The summed E-state index contributed by atoms with van der Waals surface area (Å²) in [6.45, 7) is 8.99. The number of aromatic carboxylic acids is 1. The van der Waals surface area contributed by atoms with E-state index in [4.69, 9.17) is 13.8 Å². The van der Waals surface area contributed by atoms with Gasteiger partial charge in [0.05, 0.1) is 30.1 Å². The Kier molecular flexibility index (Phi) is 7.32. The Hall–Kier alpha value is -3.91. The number of carboxylic acids is 1. The van der Waals surface area contributed by atoms with Crippen molar-refractivity contribution in [3.05, 3.63) is 87.4 Å². The number of nitrogens with one attached hydrogen (secondary N) is 1. The molecule has 3 aromatic heterocycles. The van der Waals surface area contributed by atoms with Gasteiger partial charge < -0.3 is 19.3 Å². The molecular formula is C31H32N2O5S. The van der Waals surface area contributed by atoms with Crippen molar-refractivity contribution in [3.63, 3.8) is 0 Å². The Morgan fingerprint density at radius 3 is 2.72 bits per heavy atom. The highest BCUT2D eigenvalue weighted by atomic mass is 32.1. The predicted octanol–water partition coefficient (Wildman–Crippen LogP) is 7.44. The molecule has 202 valence electrons. The van der Waals surface area contributed by atoms with Gasteiger partial charge in [0, 0.05) is 10.4 Å². The van der Waals surface area contributed by atoms with Crippen molar-refractivity contribution >= 4 is 34.4 Å². The number of carboxylic acid groups (broad SMARTS) is 1. The largest absolute Gasteiger partial charge is 0.478 e. The summed E-state index contributed by atoms with van der Waals surface area (Å²) in [5, 5.41) is 12.9. The number of hydrogen-bond acceptors (Lipinski definition) is 6. The number of hydrogen-bond donors (Lipinski definition) is 2. The fourth-order valence-electron chi connectivity index (χ4n) is 5.07. The van der Waals surface area contributed by atoms with Crippen LogP contribution in [0.25, 0.3) is 11.3 Å². The first-order valence-corrected chi connectivity index (χ1v) is 13.8. The molecule has 0 bridgehead atoms. The van der Waals surface area contributed by atoms with Crippen LogP contribution >= 0.6 is 11.3 Å². The number of furan rings is 2. The molecule has 2 N–H and O–H groups in total. The second kappa shape index (κ2) is 10.7. The zero-order valence-electron chi connectivity index (χ0n) is 22.5. The fraction of sp³-hybridized carbons (Fsp3) is 0.323. The van der Waals surface area contributed by atoms with E-state index in [0.29, 0.717) is 40.3 Å². The molecule has 5 rings (SSSR count). The second-order valence-electron chi connectivity index (χ2n) is 11.0. The summed E-state index contributed by atoms with van der Waals surface area (Å²) >= 11 is 1.58. The van der Waals surface area contributed by atoms with Crippen LogP contribution in [0.2, 0.25) is 0 Å². The SMILES string of the molecule is Cc1cc(C(=O)O)ccc1-c1ccc(C=Nc2sc3c(c2C(=O)NCc2ccco2)CC[C@@H](C(C)(C)C)C3)o1. The smallest absolute Gasteiger partial charge is 0.335 e. The molecule has 7 nitrogen and oxygen atoms in total. The molecule has 4 aromatic rings. The lowest BCUT2D eigenvalue weighted by atomic mass is 9.72. The standard InChI is InChI=1S/C31H32N2O5S/c1-18-14-19(30(35)36)7-10-23(18)25-12-9-22(38-25)17-33-29-27(28(34)32-16-21-6-5-13-37-21)24-11-8-20(31(2,3)4)15-26(24)39-29/h5-7,9-10,12-14,17,20H,8,11,15-16H2,1-4H3,(H,32,34)(H,35,36)/t20-/m1/s1. The van der Waals surface area contributed by atoms with Gasteiger partial charge in [0.25, 0.3) is 5.91 Å². The molecule has 3 heterocycles. The number of aryl methyl sites for hydroxylation is 1. The number of amides is 1. The first kappa shape index (κ1) is 26.7. The van der Waals surface area contributed by atoms with Crippen LogP contribution in [-0.2, 0) is 19.4 Å². The Morgan fingerprint density at radius 2 is 2.03 bits per heavy atom. The number of aliphatic imine (C=N–C) groups is 1. The molecule has 0 fully saturated rings. The summed E-state index contributed by atoms with van der Waals surface area (Å²) < 4.78 is 11.4. The predicted molar refractivity (Wildman–Crippen MR) is 152 cm³/mol. The van der Waals surface area contributed by atoms with E-state index >= 15 is 0 Å². The molecule has 0 aliphatic heterocycles. The third-order valence-electron chi connectivity index (χ3n) is 7.38. The molecule has 0 unspecified atom stereocenters. The third-order valence-corrected chi connectivity index (χ3v) is 8.54. The van der Waals surface area contributed by atoms with Crippen molar-refractivity contribution in [2.24, 2.45) is 16.3 Å². The van der Waals surface area contributed by atoms with Crippen molar-refractivity contribution in [2.75, 3.05) is 0 Å². The lowest BCUT2D eigenvalue weighted by Crippen LogP contribution is -2.28. The first-order chi connectivity index (χ1) is 18.6. The van der Waals surface area contributed by atoms with E-state index in [-0.39, 0.29) is 16.9 Å².